The highest BCUT2D eigenvalue weighted by molar-refractivity contribution is 14.0. The van der Waals surface area contributed by atoms with Gasteiger partial charge in [0.1, 0.15) is 0 Å². The zero-order valence-electron chi connectivity index (χ0n) is 17.6. The minimum Gasteiger partial charge on any atom is -0.354 e. The number of sulfonamides is 1. The molecule has 3 rings (SSSR count). The topological polar surface area (TPSA) is 73.8 Å². The lowest BCUT2D eigenvalue weighted by Crippen LogP contribution is -2.44. The van der Waals surface area contributed by atoms with Crippen LogP contribution in [0.15, 0.2) is 34.2 Å². The number of halogens is 1. The van der Waals surface area contributed by atoms with Gasteiger partial charge in [-0.15, -0.1) is 24.0 Å². The van der Waals surface area contributed by atoms with Crippen LogP contribution >= 0.6 is 24.0 Å². The third-order valence-corrected chi connectivity index (χ3v) is 7.93. The number of nitrogens with one attached hydrogen (secondary N) is 2. The van der Waals surface area contributed by atoms with Crippen LogP contribution < -0.4 is 10.6 Å². The molecule has 1 saturated heterocycles. The Hall–Kier alpha value is -0.870. The quantitative estimate of drug-likeness (QED) is 0.343. The molecule has 0 bridgehead atoms. The van der Waals surface area contributed by atoms with Gasteiger partial charge in [0.05, 0.1) is 4.90 Å². The van der Waals surface area contributed by atoms with Gasteiger partial charge in [0.25, 0.3) is 0 Å². The molecule has 0 amide bonds. The number of piperidine rings is 1. The SMILES string of the molecule is CN=C(NCc1ccccc1S(=O)(=O)N1CCCCC1)NC1CCC(C)CC1.I. The van der Waals surface area contributed by atoms with E-state index in [-0.39, 0.29) is 24.0 Å². The lowest BCUT2D eigenvalue weighted by Gasteiger charge is -2.29. The molecule has 2 aliphatic rings. The molecular formula is C21H35IN4O2S. The van der Waals surface area contributed by atoms with E-state index in [9.17, 15) is 8.42 Å². The van der Waals surface area contributed by atoms with Gasteiger partial charge in [-0.05, 0) is 56.1 Å². The first-order valence-corrected chi connectivity index (χ1v) is 12.0. The fraction of sp³-hybridized carbons (Fsp3) is 0.667. The largest absolute Gasteiger partial charge is 0.354 e. The number of rotatable bonds is 5. The molecule has 0 radical (unpaired) electrons. The fourth-order valence-corrected chi connectivity index (χ4v) is 5.86. The highest BCUT2D eigenvalue weighted by atomic mass is 127. The molecule has 29 heavy (non-hydrogen) atoms. The number of benzene rings is 1. The molecule has 0 spiro atoms. The summed E-state index contributed by atoms with van der Waals surface area (Å²) in [6.45, 7) is 3.98. The Balaban J connectivity index is 0.00000300. The van der Waals surface area contributed by atoms with Crippen molar-refractivity contribution in [1.82, 2.24) is 14.9 Å². The fourth-order valence-electron chi connectivity index (χ4n) is 4.12. The van der Waals surface area contributed by atoms with Crippen LogP contribution in [0.25, 0.3) is 0 Å². The number of guanidine groups is 1. The Morgan fingerprint density at radius 2 is 1.76 bits per heavy atom. The average Bonchev–Trinajstić information content (AvgIpc) is 2.73. The second-order valence-corrected chi connectivity index (χ2v) is 10.0. The van der Waals surface area contributed by atoms with Crippen LogP contribution in [0.5, 0.6) is 0 Å². The first kappa shape index (κ1) is 24.4. The van der Waals surface area contributed by atoms with Crippen molar-refractivity contribution in [3.63, 3.8) is 0 Å². The Morgan fingerprint density at radius 1 is 1.10 bits per heavy atom. The maximum absolute atomic E-state index is 13.1. The van der Waals surface area contributed by atoms with Crippen LogP contribution in [-0.2, 0) is 16.6 Å². The predicted octanol–water partition coefficient (Wildman–Crippen LogP) is 3.72. The molecule has 164 valence electrons. The van der Waals surface area contributed by atoms with Gasteiger partial charge in [0, 0.05) is 32.7 Å². The first-order valence-electron chi connectivity index (χ1n) is 10.6. The first-order chi connectivity index (χ1) is 13.5. The summed E-state index contributed by atoms with van der Waals surface area (Å²) in [6, 6.07) is 7.75. The highest BCUT2D eigenvalue weighted by Crippen LogP contribution is 2.24. The molecule has 1 aliphatic heterocycles. The van der Waals surface area contributed by atoms with Gasteiger partial charge >= 0.3 is 0 Å². The van der Waals surface area contributed by atoms with E-state index in [1.54, 1.807) is 23.5 Å². The standard InChI is InChI=1S/C21H34N4O2S.HI/c1-17-10-12-19(13-11-17)24-21(22-2)23-16-18-8-4-5-9-20(18)28(26,27)25-14-6-3-7-15-25;/h4-5,8-9,17,19H,3,6-7,10-16H2,1-2H3,(H2,22,23,24);1H. The minimum atomic E-state index is -3.45. The van der Waals surface area contributed by atoms with Crippen molar-refractivity contribution in [2.24, 2.45) is 10.9 Å². The average molecular weight is 535 g/mol. The van der Waals surface area contributed by atoms with Crippen LogP contribution in [0.2, 0.25) is 0 Å². The Labute approximate surface area is 193 Å². The summed E-state index contributed by atoms with van der Waals surface area (Å²) in [5, 5.41) is 6.81. The molecule has 6 nitrogen and oxygen atoms in total. The van der Waals surface area contributed by atoms with Crippen molar-refractivity contribution in [3.8, 4) is 0 Å². The summed E-state index contributed by atoms with van der Waals surface area (Å²) in [4.78, 5) is 4.74. The summed E-state index contributed by atoms with van der Waals surface area (Å²) in [5.74, 6) is 1.55. The van der Waals surface area contributed by atoms with Crippen LogP contribution in [-0.4, -0.2) is 44.9 Å². The smallest absolute Gasteiger partial charge is 0.243 e. The molecule has 8 heteroatoms. The molecule has 0 atom stereocenters. The molecule has 2 N–H and O–H groups in total. The second-order valence-electron chi connectivity index (χ2n) is 8.10. The summed E-state index contributed by atoms with van der Waals surface area (Å²) < 4.78 is 27.9. The molecule has 1 aliphatic carbocycles. The third-order valence-electron chi connectivity index (χ3n) is 5.93. The Kier molecular flexibility index (Phi) is 9.68. The molecule has 0 unspecified atom stereocenters. The molecule has 2 fully saturated rings. The van der Waals surface area contributed by atoms with Gasteiger partial charge in [-0.3, -0.25) is 4.99 Å². The van der Waals surface area contributed by atoms with Gasteiger partial charge in [-0.1, -0.05) is 31.5 Å². The maximum atomic E-state index is 13.1. The van der Waals surface area contributed by atoms with Crippen molar-refractivity contribution in [1.29, 1.82) is 0 Å². The van der Waals surface area contributed by atoms with Crippen LogP contribution in [0.4, 0.5) is 0 Å². The summed E-state index contributed by atoms with van der Waals surface area (Å²) in [7, 11) is -1.69. The van der Waals surface area contributed by atoms with Gasteiger partial charge in [0.2, 0.25) is 10.0 Å². The highest BCUT2D eigenvalue weighted by Gasteiger charge is 2.28. The molecule has 1 heterocycles. The number of aliphatic imine (C=N–C) groups is 1. The van der Waals surface area contributed by atoms with E-state index in [1.807, 2.05) is 12.1 Å². The van der Waals surface area contributed by atoms with Gasteiger partial charge < -0.3 is 10.6 Å². The molecule has 1 aromatic carbocycles. The summed E-state index contributed by atoms with van der Waals surface area (Å²) in [6.07, 6.45) is 7.78. The van der Waals surface area contributed by atoms with Crippen molar-refractivity contribution < 1.29 is 8.42 Å². The van der Waals surface area contributed by atoms with Gasteiger partial charge in [-0.2, -0.15) is 4.31 Å². The van der Waals surface area contributed by atoms with Crippen molar-refractivity contribution in [2.75, 3.05) is 20.1 Å². The van der Waals surface area contributed by atoms with E-state index in [1.165, 1.54) is 12.8 Å². The van der Waals surface area contributed by atoms with Crippen molar-refractivity contribution in [2.45, 2.75) is 69.4 Å². The van der Waals surface area contributed by atoms with Gasteiger partial charge in [-0.25, -0.2) is 8.42 Å². The van der Waals surface area contributed by atoms with Gasteiger partial charge in [0.15, 0.2) is 5.96 Å². The van der Waals surface area contributed by atoms with Crippen LogP contribution in [0, 0.1) is 5.92 Å². The summed E-state index contributed by atoms with van der Waals surface area (Å²) >= 11 is 0. The van der Waals surface area contributed by atoms with E-state index in [0.29, 0.717) is 30.6 Å². The molecule has 1 saturated carbocycles. The molecule has 0 aromatic heterocycles. The number of nitrogens with zero attached hydrogens (tertiary/aromatic N) is 2. The van der Waals surface area contributed by atoms with Crippen molar-refractivity contribution in [3.05, 3.63) is 29.8 Å². The molecule has 1 aromatic rings. The minimum absolute atomic E-state index is 0. The van der Waals surface area contributed by atoms with Crippen LogP contribution in [0.1, 0.15) is 57.4 Å². The van der Waals surface area contributed by atoms with E-state index in [4.69, 9.17) is 0 Å². The van der Waals surface area contributed by atoms with E-state index in [0.717, 1.165) is 49.5 Å². The monoisotopic (exact) mass is 534 g/mol. The Bertz CT molecular complexity index is 771. The third kappa shape index (κ3) is 6.55. The van der Waals surface area contributed by atoms with Crippen LogP contribution in [0.3, 0.4) is 0 Å². The lowest BCUT2D eigenvalue weighted by atomic mass is 9.87. The zero-order valence-corrected chi connectivity index (χ0v) is 20.7. The second kappa shape index (κ2) is 11.5. The lowest BCUT2D eigenvalue weighted by molar-refractivity contribution is 0.329. The molecular weight excluding hydrogens is 499 g/mol. The predicted molar refractivity (Wildman–Crippen MR) is 129 cm³/mol. The normalized spacial score (nSPS) is 23.9. The summed E-state index contributed by atoms with van der Waals surface area (Å²) in [5.41, 5.74) is 0.785. The number of hydrogen-bond donors (Lipinski definition) is 2. The van der Waals surface area contributed by atoms with E-state index in [2.05, 4.69) is 22.5 Å². The van der Waals surface area contributed by atoms with Crippen molar-refractivity contribution >= 4 is 40.0 Å². The van der Waals surface area contributed by atoms with E-state index >= 15 is 0 Å². The number of hydrogen-bond acceptors (Lipinski definition) is 3. The van der Waals surface area contributed by atoms with E-state index < -0.39 is 10.0 Å². The maximum Gasteiger partial charge on any atom is 0.243 e. The Morgan fingerprint density at radius 3 is 2.41 bits per heavy atom. The zero-order chi connectivity index (χ0) is 20.0.